The van der Waals surface area contributed by atoms with Crippen molar-refractivity contribution in [3.05, 3.63) is 53.4 Å². The van der Waals surface area contributed by atoms with Crippen LogP contribution in [-0.4, -0.2) is 57.3 Å². The van der Waals surface area contributed by atoms with Gasteiger partial charge in [-0.2, -0.15) is 0 Å². The van der Waals surface area contributed by atoms with Gasteiger partial charge in [-0.05, 0) is 44.9 Å². The second-order valence-corrected chi connectivity index (χ2v) is 6.88. The van der Waals surface area contributed by atoms with E-state index in [0.717, 1.165) is 38.3 Å². The highest BCUT2D eigenvalue weighted by Crippen LogP contribution is 2.20. The Morgan fingerprint density at radius 2 is 2.20 bits per heavy atom. The number of amides is 1. The molecule has 1 amide bonds. The zero-order chi connectivity index (χ0) is 17.8. The third-order valence-electron chi connectivity index (χ3n) is 4.65. The Morgan fingerprint density at radius 1 is 1.36 bits per heavy atom. The molecule has 1 saturated heterocycles. The lowest BCUT2D eigenvalue weighted by atomic mass is 10.1. The summed E-state index contributed by atoms with van der Waals surface area (Å²) in [7, 11) is 2.12. The predicted octanol–water partition coefficient (Wildman–Crippen LogP) is 2.08. The number of rotatable bonds is 5. The zero-order valence-electron chi connectivity index (χ0n) is 15.1. The van der Waals surface area contributed by atoms with Gasteiger partial charge < -0.3 is 9.80 Å². The quantitative estimate of drug-likeness (QED) is 0.835. The van der Waals surface area contributed by atoms with Gasteiger partial charge in [-0.15, -0.1) is 0 Å². The van der Waals surface area contributed by atoms with Gasteiger partial charge in [0.1, 0.15) is 5.82 Å². The van der Waals surface area contributed by atoms with Crippen LogP contribution in [-0.2, 0) is 6.54 Å². The monoisotopic (exact) mass is 339 g/mol. The summed E-state index contributed by atoms with van der Waals surface area (Å²) < 4.78 is 0. The molecule has 0 aromatic carbocycles. The van der Waals surface area contributed by atoms with Crippen molar-refractivity contribution in [3.8, 4) is 0 Å². The number of aryl methyl sites for hydroxylation is 2. The van der Waals surface area contributed by atoms with Gasteiger partial charge >= 0.3 is 0 Å². The Hall–Kier alpha value is -2.34. The van der Waals surface area contributed by atoms with Crippen LogP contribution in [0.25, 0.3) is 0 Å². The van der Waals surface area contributed by atoms with Crippen molar-refractivity contribution in [2.24, 2.45) is 5.92 Å². The summed E-state index contributed by atoms with van der Waals surface area (Å²) >= 11 is 0. The molecule has 1 unspecified atom stereocenters. The van der Waals surface area contributed by atoms with Gasteiger partial charge in [0, 0.05) is 44.8 Å². The topological polar surface area (TPSA) is 62.2 Å². The van der Waals surface area contributed by atoms with Crippen LogP contribution in [0.2, 0.25) is 0 Å². The number of aromatic nitrogens is 3. The molecule has 25 heavy (non-hydrogen) atoms. The number of nitrogens with zero attached hydrogens (tertiary/aromatic N) is 5. The van der Waals surface area contributed by atoms with Crippen LogP contribution in [0.5, 0.6) is 0 Å². The van der Waals surface area contributed by atoms with Gasteiger partial charge in [0.05, 0.1) is 11.3 Å². The van der Waals surface area contributed by atoms with E-state index in [-0.39, 0.29) is 5.91 Å². The summed E-state index contributed by atoms with van der Waals surface area (Å²) in [6.07, 6.45) is 6.39. The first-order valence-corrected chi connectivity index (χ1v) is 8.70. The van der Waals surface area contributed by atoms with Gasteiger partial charge in [0.2, 0.25) is 0 Å². The van der Waals surface area contributed by atoms with Crippen molar-refractivity contribution in [1.82, 2.24) is 24.8 Å². The largest absolute Gasteiger partial charge is 0.338 e. The number of likely N-dealkylation sites (tertiary alicyclic amines) is 1. The van der Waals surface area contributed by atoms with Gasteiger partial charge in [-0.3, -0.25) is 9.78 Å². The normalized spacial score (nSPS) is 17.3. The molecule has 3 heterocycles. The molecule has 6 heteroatoms. The Morgan fingerprint density at radius 3 is 2.92 bits per heavy atom. The van der Waals surface area contributed by atoms with Crippen molar-refractivity contribution in [2.45, 2.75) is 26.8 Å². The average Bonchev–Trinajstić information content (AvgIpc) is 3.03. The second-order valence-electron chi connectivity index (χ2n) is 6.88. The molecule has 1 fully saturated rings. The van der Waals surface area contributed by atoms with Gasteiger partial charge in [0.15, 0.2) is 0 Å². The highest BCUT2D eigenvalue weighted by Gasteiger charge is 2.28. The predicted molar refractivity (Wildman–Crippen MR) is 96.1 cm³/mol. The van der Waals surface area contributed by atoms with E-state index in [4.69, 9.17) is 0 Å². The van der Waals surface area contributed by atoms with E-state index in [0.29, 0.717) is 17.3 Å². The molecule has 2 aromatic rings. The Balaban J connectivity index is 1.55. The summed E-state index contributed by atoms with van der Waals surface area (Å²) in [5.41, 5.74) is 2.59. The summed E-state index contributed by atoms with van der Waals surface area (Å²) in [5, 5.41) is 0. The molecule has 0 aliphatic carbocycles. The number of pyridine rings is 1. The lowest BCUT2D eigenvalue weighted by Gasteiger charge is -2.22. The summed E-state index contributed by atoms with van der Waals surface area (Å²) in [6.45, 7) is 7.16. The van der Waals surface area contributed by atoms with Crippen LogP contribution >= 0.6 is 0 Å². The van der Waals surface area contributed by atoms with Crippen molar-refractivity contribution >= 4 is 5.91 Å². The molecule has 0 radical (unpaired) electrons. The molecule has 1 aliphatic rings. The second kappa shape index (κ2) is 7.70. The van der Waals surface area contributed by atoms with Crippen LogP contribution in [0, 0.1) is 19.8 Å². The summed E-state index contributed by atoms with van der Waals surface area (Å²) in [6, 6.07) is 4.05. The molecule has 0 bridgehead atoms. The fraction of sp³-hybridized carbons (Fsp3) is 0.474. The minimum atomic E-state index is 0.0508. The number of hydrogen-bond acceptors (Lipinski definition) is 5. The van der Waals surface area contributed by atoms with Crippen LogP contribution in [0.15, 0.2) is 30.7 Å². The number of carbonyl (C=O) groups excluding carboxylic acids is 1. The van der Waals surface area contributed by atoms with Crippen molar-refractivity contribution < 1.29 is 4.79 Å². The van der Waals surface area contributed by atoms with Crippen LogP contribution in [0.4, 0.5) is 0 Å². The standard InChI is InChI=1S/C19H25N5O/c1-14-18(10-21-15(2)22-14)19(25)24-8-6-17(13-24)12-23(3)11-16-5-4-7-20-9-16/h4-5,7,9-10,17H,6,8,11-13H2,1-3H3. The molecule has 0 N–H and O–H groups in total. The minimum absolute atomic E-state index is 0.0508. The van der Waals surface area contributed by atoms with E-state index in [9.17, 15) is 4.79 Å². The number of hydrogen-bond donors (Lipinski definition) is 0. The molecule has 1 atom stereocenters. The first-order chi connectivity index (χ1) is 12.0. The Labute approximate surface area is 148 Å². The average molecular weight is 339 g/mol. The minimum Gasteiger partial charge on any atom is -0.338 e. The molecule has 0 spiro atoms. The van der Waals surface area contributed by atoms with Gasteiger partial charge in [0.25, 0.3) is 5.91 Å². The van der Waals surface area contributed by atoms with E-state index in [1.165, 1.54) is 5.56 Å². The first kappa shape index (κ1) is 17.5. The molecule has 0 saturated carbocycles. The highest BCUT2D eigenvalue weighted by molar-refractivity contribution is 5.95. The molecule has 3 rings (SSSR count). The van der Waals surface area contributed by atoms with E-state index in [2.05, 4.69) is 33.0 Å². The summed E-state index contributed by atoms with van der Waals surface area (Å²) in [5.74, 6) is 1.25. The summed E-state index contributed by atoms with van der Waals surface area (Å²) in [4.78, 5) is 29.6. The maximum absolute atomic E-state index is 12.7. The highest BCUT2D eigenvalue weighted by atomic mass is 16.2. The van der Waals surface area contributed by atoms with Crippen molar-refractivity contribution in [3.63, 3.8) is 0 Å². The Kier molecular flexibility index (Phi) is 5.38. The van der Waals surface area contributed by atoms with Crippen LogP contribution in [0.3, 0.4) is 0 Å². The smallest absolute Gasteiger partial charge is 0.257 e. The van der Waals surface area contributed by atoms with E-state index < -0.39 is 0 Å². The zero-order valence-corrected chi connectivity index (χ0v) is 15.1. The Bertz CT molecular complexity index is 734. The first-order valence-electron chi connectivity index (χ1n) is 8.70. The van der Waals surface area contributed by atoms with E-state index in [1.54, 1.807) is 12.4 Å². The fourth-order valence-corrected chi connectivity index (χ4v) is 3.44. The number of carbonyl (C=O) groups is 1. The third-order valence-corrected chi connectivity index (χ3v) is 4.65. The van der Waals surface area contributed by atoms with Crippen molar-refractivity contribution in [2.75, 3.05) is 26.7 Å². The maximum atomic E-state index is 12.7. The molecular formula is C19H25N5O. The van der Waals surface area contributed by atoms with Crippen molar-refractivity contribution in [1.29, 1.82) is 0 Å². The maximum Gasteiger partial charge on any atom is 0.257 e. The van der Waals surface area contributed by atoms with E-state index >= 15 is 0 Å². The van der Waals surface area contributed by atoms with Gasteiger partial charge in [-0.1, -0.05) is 6.07 Å². The van der Waals surface area contributed by atoms with Crippen LogP contribution in [0.1, 0.15) is 33.9 Å². The molecular weight excluding hydrogens is 314 g/mol. The molecule has 1 aliphatic heterocycles. The SMILES string of the molecule is Cc1ncc(C(=O)N2CCC(CN(C)Cc3cccnc3)C2)c(C)n1. The van der Waals surface area contributed by atoms with E-state index in [1.807, 2.05) is 31.0 Å². The third kappa shape index (κ3) is 4.39. The molecule has 132 valence electrons. The van der Waals surface area contributed by atoms with Gasteiger partial charge in [-0.25, -0.2) is 9.97 Å². The van der Waals surface area contributed by atoms with Crippen LogP contribution < -0.4 is 0 Å². The lowest BCUT2D eigenvalue weighted by molar-refractivity contribution is 0.0782. The molecule has 6 nitrogen and oxygen atoms in total. The fourth-order valence-electron chi connectivity index (χ4n) is 3.44. The lowest BCUT2D eigenvalue weighted by Crippen LogP contribution is -2.32. The molecule has 2 aromatic heterocycles.